The maximum Gasteiger partial charge on any atom is 0.320 e. The number of phenolic OH excluding ortho intramolecular Hbond substituents is 1. The number of nitrogens with zero attached hydrogens (tertiary/aromatic N) is 4. The average Bonchev–Trinajstić information content (AvgIpc) is 3.79. The fraction of sp³-hybridized carbons (Fsp3) is 0.576. The zero-order valence-electron chi connectivity index (χ0n) is 24.9. The lowest BCUT2D eigenvalue weighted by molar-refractivity contribution is -0.144. The van der Waals surface area contributed by atoms with Gasteiger partial charge in [0.15, 0.2) is 0 Å². The molecule has 0 spiro atoms. The Hall–Kier alpha value is -2.94. The monoisotopic (exact) mass is 562 g/mol. The molecule has 2 aliphatic heterocycles. The highest BCUT2D eigenvalue weighted by molar-refractivity contribution is 5.94. The summed E-state index contributed by atoms with van der Waals surface area (Å²) in [6, 6.07) is 16.3. The Labute approximate surface area is 244 Å². The highest BCUT2D eigenvalue weighted by atomic mass is 16.5. The Balaban J connectivity index is 1.35. The molecule has 2 saturated heterocycles. The van der Waals surface area contributed by atoms with Gasteiger partial charge in [-0.15, -0.1) is 0 Å². The molecule has 1 amide bonds. The van der Waals surface area contributed by atoms with Gasteiger partial charge in [-0.05, 0) is 81.3 Å². The molecule has 3 fully saturated rings. The minimum absolute atomic E-state index is 0.0233. The van der Waals surface area contributed by atoms with Crippen LogP contribution in [0, 0.1) is 5.92 Å². The summed E-state index contributed by atoms with van der Waals surface area (Å²) in [7, 11) is 0. The van der Waals surface area contributed by atoms with E-state index >= 15 is 0 Å². The molecule has 0 radical (unpaired) electrons. The molecule has 41 heavy (non-hydrogen) atoms. The van der Waals surface area contributed by atoms with Gasteiger partial charge in [-0.3, -0.25) is 24.3 Å². The topological polar surface area (TPSA) is 76.6 Å². The normalized spacial score (nSPS) is 23.6. The Morgan fingerprint density at radius 2 is 1.71 bits per heavy atom. The minimum atomic E-state index is -0.213. The Morgan fingerprint density at radius 1 is 0.951 bits per heavy atom. The first-order valence-electron chi connectivity index (χ1n) is 15.4. The smallest absolute Gasteiger partial charge is 0.320 e. The van der Waals surface area contributed by atoms with E-state index in [1.165, 1.54) is 19.4 Å². The van der Waals surface area contributed by atoms with Gasteiger partial charge in [-0.25, -0.2) is 0 Å². The van der Waals surface area contributed by atoms with Crippen molar-refractivity contribution in [2.45, 2.75) is 58.2 Å². The van der Waals surface area contributed by atoms with Crippen LogP contribution in [0.15, 0.2) is 48.5 Å². The van der Waals surface area contributed by atoms with Gasteiger partial charge in [0.25, 0.3) is 5.91 Å². The van der Waals surface area contributed by atoms with Crippen LogP contribution < -0.4 is 0 Å². The molecule has 0 aromatic heterocycles. The number of phenols is 1. The van der Waals surface area contributed by atoms with E-state index in [9.17, 15) is 14.7 Å². The highest BCUT2D eigenvalue weighted by Gasteiger charge is 2.37. The molecule has 8 nitrogen and oxygen atoms in total. The fourth-order valence-electron chi connectivity index (χ4n) is 6.49. The third kappa shape index (κ3) is 7.48. The number of hydrogen-bond donors (Lipinski definition) is 1. The summed E-state index contributed by atoms with van der Waals surface area (Å²) in [4.78, 5) is 34.9. The number of amides is 1. The zero-order chi connectivity index (χ0) is 28.9. The van der Waals surface area contributed by atoms with Crippen molar-refractivity contribution >= 4 is 11.9 Å². The molecule has 3 aliphatic rings. The number of carbonyl (C=O) groups excluding carboxylic acids is 2. The maximum absolute atomic E-state index is 13.7. The van der Waals surface area contributed by atoms with Gasteiger partial charge >= 0.3 is 5.97 Å². The van der Waals surface area contributed by atoms with Crippen molar-refractivity contribution in [2.75, 3.05) is 59.0 Å². The molecule has 5 rings (SSSR count). The SMILES string of the molecule is CCOC(=O)CN1CCCN(C(=O)c2cccc([C@H](c3cccc(O)c3)N3C[C@@H](C)N(CC4CC4)C[C@@H]3C)c2)CC1. The van der Waals surface area contributed by atoms with Crippen LogP contribution in [0.1, 0.15) is 67.6 Å². The van der Waals surface area contributed by atoms with Crippen molar-refractivity contribution in [1.82, 2.24) is 19.6 Å². The summed E-state index contributed by atoms with van der Waals surface area (Å²) in [6.45, 7) is 12.9. The molecule has 2 heterocycles. The van der Waals surface area contributed by atoms with Gasteiger partial charge in [0.05, 0.1) is 19.2 Å². The molecule has 222 valence electrons. The quantitative estimate of drug-likeness (QED) is 0.463. The first-order chi connectivity index (χ1) is 19.8. The molecule has 3 atom stereocenters. The van der Waals surface area contributed by atoms with Gasteiger partial charge in [0, 0.05) is 63.5 Å². The van der Waals surface area contributed by atoms with Crippen LogP contribution in [0.2, 0.25) is 0 Å². The predicted octanol–water partition coefficient (Wildman–Crippen LogP) is 4.00. The first-order valence-corrected chi connectivity index (χ1v) is 15.4. The molecule has 0 bridgehead atoms. The zero-order valence-corrected chi connectivity index (χ0v) is 24.9. The number of hydrogen-bond acceptors (Lipinski definition) is 7. The molecule has 1 N–H and O–H groups in total. The molecular formula is C33H46N4O4. The first kappa shape index (κ1) is 29.5. The summed E-state index contributed by atoms with van der Waals surface area (Å²) in [5.41, 5.74) is 2.78. The lowest BCUT2D eigenvalue weighted by Crippen LogP contribution is -2.57. The van der Waals surface area contributed by atoms with Crippen LogP contribution >= 0.6 is 0 Å². The van der Waals surface area contributed by atoms with Crippen molar-refractivity contribution in [3.8, 4) is 5.75 Å². The van der Waals surface area contributed by atoms with Crippen LogP contribution in [0.25, 0.3) is 0 Å². The van der Waals surface area contributed by atoms with Crippen LogP contribution in [0.5, 0.6) is 5.75 Å². The molecule has 8 heteroatoms. The second kappa shape index (κ2) is 13.4. The minimum Gasteiger partial charge on any atom is -0.508 e. The second-order valence-electron chi connectivity index (χ2n) is 12.1. The average molecular weight is 563 g/mol. The van der Waals surface area contributed by atoms with Crippen LogP contribution in [0.4, 0.5) is 0 Å². The summed E-state index contributed by atoms with van der Waals surface area (Å²) in [5.74, 6) is 0.923. The third-order valence-corrected chi connectivity index (χ3v) is 8.85. The van der Waals surface area contributed by atoms with Crippen LogP contribution in [-0.2, 0) is 9.53 Å². The molecule has 0 unspecified atom stereocenters. The maximum atomic E-state index is 13.7. The number of rotatable bonds is 9. The number of benzene rings is 2. The number of ether oxygens (including phenoxy) is 1. The summed E-state index contributed by atoms with van der Waals surface area (Å²) < 4.78 is 5.11. The van der Waals surface area contributed by atoms with E-state index in [1.54, 1.807) is 6.07 Å². The largest absolute Gasteiger partial charge is 0.508 e. The predicted molar refractivity (Wildman–Crippen MR) is 160 cm³/mol. The lowest BCUT2D eigenvalue weighted by atomic mass is 9.92. The molecule has 2 aromatic carbocycles. The Kier molecular flexibility index (Phi) is 9.63. The Bertz CT molecular complexity index is 1200. The second-order valence-corrected chi connectivity index (χ2v) is 12.1. The van der Waals surface area contributed by atoms with Crippen LogP contribution in [0.3, 0.4) is 0 Å². The van der Waals surface area contributed by atoms with Crippen LogP contribution in [-0.4, -0.2) is 108 Å². The van der Waals surface area contributed by atoms with Gasteiger partial charge in [-0.1, -0.05) is 24.3 Å². The van der Waals surface area contributed by atoms with Crippen molar-refractivity contribution in [1.29, 1.82) is 0 Å². The van der Waals surface area contributed by atoms with Crippen molar-refractivity contribution < 1.29 is 19.4 Å². The summed E-state index contributed by atoms with van der Waals surface area (Å²) in [5, 5.41) is 10.4. The highest BCUT2D eigenvalue weighted by Crippen LogP contribution is 2.37. The van der Waals surface area contributed by atoms with Gasteiger partial charge in [0.1, 0.15) is 5.75 Å². The van der Waals surface area contributed by atoms with Gasteiger partial charge in [-0.2, -0.15) is 0 Å². The molecule has 1 saturated carbocycles. The van der Waals surface area contributed by atoms with E-state index in [4.69, 9.17) is 4.74 Å². The molecule has 2 aromatic rings. The summed E-state index contributed by atoms with van der Waals surface area (Å²) in [6.07, 6.45) is 3.53. The number of piperazine rings is 1. The fourth-order valence-corrected chi connectivity index (χ4v) is 6.49. The van der Waals surface area contributed by atoms with Gasteiger partial charge in [0.2, 0.25) is 0 Å². The molecule has 1 aliphatic carbocycles. The number of esters is 1. The van der Waals surface area contributed by atoms with Crippen molar-refractivity contribution in [3.63, 3.8) is 0 Å². The lowest BCUT2D eigenvalue weighted by Gasteiger charge is -2.48. The Morgan fingerprint density at radius 3 is 2.44 bits per heavy atom. The van der Waals surface area contributed by atoms with E-state index in [-0.39, 0.29) is 30.2 Å². The van der Waals surface area contributed by atoms with Gasteiger partial charge < -0.3 is 14.7 Å². The third-order valence-electron chi connectivity index (χ3n) is 8.85. The van der Waals surface area contributed by atoms with E-state index in [0.717, 1.165) is 43.1 Å². The van der Waals surface area contributed by atoms with E-state index in [0.29, 0.717) is 43.9 Å². The van der Waals surface area contributed by atoms with Crippen molar-refractivity contribution in [3.05, 3.63) is 65.2 Å². The van der Waals surface area contributed by atoms with E-state index in [2.05, 4.69) is 40.7 Å². The summed E-state index contributed by atoms with van der Waals surface area (Å²) >= 11 is 0. The van der Waals surface area contributed by atoms with E-state index in [1.807, 2.05) is 42.2 Å². The van der Waals surface area contributed by atoms with Crippen molar-refractivity contribution in [2.24, 2.45) is 5.92 Å². The number of carbonyl (C=O) groups is 2. The molecular weight excluding hydrogens is 516 g/mol. The number of aromatic hydroxyl groups is 1. The van der Waals surface area contributed by atoms with E-state index < -0.39 is 0 Å². The standard InChI is InChI=1S/C33H46N4O4/c1-4-41-31(39)23-34-14-7-15-35(17-16-34)33(40)29-10-5-8-27(18-29)32(28-9-6-11-30(38)19-28)37-21-24(2)36(20-25(37)3)22-26-12-13-26/h5-6,8-11,18-19,24-26,32,38H,4,7,12-17,20-23H2,1-3H3/t24-,25+,32-/m1/s1.